The molecule has 1 saturated heterocycles. The second-order valence-corrected chi connectivity index (χ2v) is 2.90. The summed E-state index contributed by atoms with van der Waals surface area (Å²) in [6.45, 7) is 0.139. The average Bonchev–Trinajstić information content (AvgIpc) is 2.02. The molecule has 0 aromatic heterocycles. The molecule has 2 atom stereocenters. The number of halogens is 3. The molecule has 1 fully saturated rings. The number of aliphatic hydroxyl groups excluding tert-OH is 1. The van der Waals surface area contributed by atoms with Crippen molar-refractivity contribution in [2.75, 3.05) is 6.61 Å². The SMILES string of the molecule is O=C1OCCC[C@H]1[C@H](O)C(F)(F)F. The van der Waals surface area contributed by atoms with E-state index in [1.165, 1.54) is 0 Å². The molecule has 0 radical (unpaired) electrons. The highest BCUT2D eigenvalue weighted by atomic mass is 19.4. The lowest BCUT2D eigenvalue weighted by atomic mass is 9.95. The lowest BCUT2D eigenvalue weighted by Gasteiger charge is -2.26. The van der Waals surface area contributed by atoms with Gasteiger partial charge in [-0.3, -0.25) is 4.79 Å². The van der Waals surface area contributed by atoms with E-state index in [0.717, 1.165) is 0 Å². The van der Waals surface area contributed by atoms with Gasteiger partial charge in [-0.25, -0.2) is 0 Å². The molecule has 1 aliphatic heterocycles. The smallest absolute Gasteiger partial charge is 0.415 e. The van der Waals surface area contributed by atoms with Crippen LogP contribution < -0.4 is 0 Å². The first-order chi connectivity index (χ1) is 5.93. The standard InChI is InChI=1S/C7H9F3O3/c8-7(9,10)5(11)4-2-1-3-13-6(4)12/h4-5,11H,1-3H2/t4-,5-/m0/s1. The number of rotatable bonds is 1. The Morgan fingerprint density at radius 1 is 1.54 bits per heavy atom. The van der Waals surface area contributed by atoms with Gasteiger partial charge in [0.2, 0.25) is 0 Å². The highest BCUT2D eigenvalue weighted by molar-refractivity contribution is 5.73. The molecule has 0 amide bonds. The second-order valence-electron chi connectivity index (χ2n) is 2.90. The number of carbonyl (C=O) groups excluding carboxylic acids is 1. The van der Waals surface area contributed by atoms with Gasteiger partial charge in [0.1, 0.15) is 0 Å². The fraction of sp³-hybridized carbons (Fsp3) is 0.857. The molecule has 13 heavy (non-hydrogen) atoms. The molecule has 3 nitrogen and oxygen atoms in total. The fourth-order valence-electron chi connectivity index (χ4n) is 1.22. The molecule has 0 saturated carbocycles. The van der Waals surface area contributed by atoms with E-state index in [4.69, 9.17) is 5.11 Å². The van der Waals surface area contributed by atoms with Crippen LogP contribution >= 0.6 is 0 Å². The Morgan fingerprint density at radius 3 is 2.62 bits per heavy atom. The van der Waals surface area contributed by atoms with Crippen molar-refractivity contribution in [1.29, 1.82) is 0 Å². The Bertz CT molecular complexity index is 202. The van der Waals surface area contributed by atoms with Crippen LogP contribution in [0.1, 0.15) is 12.8 Å². The molecule has 76 valence electrons. The molecule has 0 spiro atoms. The molecule has 6 heteroatoms. The summed E-state index contributed by atoms with van der Waals surface area (Å²) in [5.74, 6) is -2.41. The molecule has 1 rings (SSSR count). The van der Waals surface area contributed by atoms with Crippen molar-refractivity contribution in [2.45, 2.75) is 25.1 Å². The van der Waals surface area contributed by atoms with Crippen molar-refractivity contribution in [3.05, 3.63) is 0 Å². The van der Waals surface area contributed by atoms with E-state index in [1.807, 2.05) is 0 Å². The number of aliphatic hydroxyl groups is 1. The Morgan fingerprint density at radius 2 is 2.15 bits per heavy atom. The third-order valence-electron chi connectivity index (χ3n) is 1.92. The summed E-state index contributed by atoms with van der Waals surface area (Å²) in [6, 6.07) is 0. The summed E-state index contributed by atoms with van der Waals surface area (Å²) in [5, 5.41) is 8.76. The Labute approximate surface area is 72.5 Å². The number of ether oxygens (including phenoxy) is 1. The zero-order valence-corrected chi connectivity index (χ0v) is 6.67. The van der Waals surface area contributed by atoms with E-state index in [1.54, 1.807) is 0 Å². The number of hydrogen-bond donors (Lipinski definition) is 1. The third kappa shape index (κ3) is 2.33. The van der Waals surface area contributed by atoms with Crippen LogP contribution in [-0.2, 0) is 9.53 Å². The van der Waals surface area contributed by atoms with E-state index in [2.05, 4.69) is 4.74 Å². The van der Waals surface area contributed by atoms with E-state index in [0.29, 0.717) is 6.42 Å². The molecule has 0 bridgehead atoms. The maximum absolute atomic E-state index is 11.9. The zero-order valence-electron chi connectivity index (χ0n) is 6.67. The van der Waals surface area contributed by atoms with Crippen molar-refractivity contribution in [1.82, 2.24) is 0 Å². The van der Waals surface area contributed by atoms with Crippen LogP contribution in [0, 0.1) is 5.92 Å². The molecular weight excluding hydrogens is 189 g/mol. The number of carbonyl (C=O) groups is 1. The molecule has 1 aliphatic rings. The predicted octanol–water partition coefficient (Wildman–Crippen LogP) is 0.863. The third-order valence-corrected chi connectivity index (χ3v) is 1.92. The predicted molar refractivity (Wildman–Crippen MR) is 35.7 cm³/mol. The van der Waals surface area contributed by atoms with Gasteiger partial charge in [-0.05, 0) is 12.8 Å². The van der Waals surface area contributed by atoms with Crippen molar-refractivity contribution in [3.8, 4) is 0 Å². The summed E-state index contributed by atoms with van der Waals surface area (Å²) < 4.78 is 40.3. The molecule has 0 unspecified atom stereocenters. The maximum atomic E-state index is 11.9. The average molecular weight is 198 g/mol. The number of esters is 1. The van der Waals surface area contributed by atoms with Crippen LogP contribution in [0.2, 0.25) is 0 Å². The fourth-order valence-corrected chi connectivity index (χ4v) is 1.22. The number of alkyl halides is 3. The molecule has 0 aromatic carbocycles. The normalized spacial score (nSPS) is 26.8. The van der Waals surface area contributed by atoms with E-state index in [9.17, 15) is 18.0 Å². The number of hydrogen-bond acceptors (Lipinski definition) is 3. The second kappa shape index (κ2) is 3.53. The summed E-state index contributed by atoms with van der Waals surface area (Å²) in [7, 11) is 0. The van der Waals surface area contributed by atoms with E-state index >= 15 is 0 Å². The molecule has 0 aliphatic carbocycles. The lowest BCUT2D eigenvalue weighted by molar-refractivity contribution is -0.227. The van der Waals surface area contributed by atoms with Crippen LogP contribution in [0.4, 0.5) is 13.2 Å². The highest BCUT2D eigenvalue weighted by Gasteiger charge is 2.47. The maximum Gasteiger partial charge on any atom is 0.415 e. The van der Waals surface area contributed by atoms with Crippen LogP contribution in [0.5, 0.6) is 0 Å². The van der Waals surface area contributed by atoms with Gasteiger partial charge in [-0.1, -0.05) is 0 Å². The van der Waals surface area contributed by atoms with Gasteiger partial charge < -0.3 is 9.84 Å². The van der Waals surface area contributed by atoms with Gasteiger partial charge in [-0.15, -0.1) is 0 Å². The van der Waals surface area contributed by atoms with Gasteiger partial charge in [0, 0.05) is 0 Å². The molecule has 1 heterocycles. The minimum absolute atomic E-state index is 0.0273. The summed E-state index contributed by atoms with van der Waals surface area (Å²) in [4.78, 5) is 10.8. The van der Waals surface area contributed by atoms with Gasteiger partial charge in [-0.2, -0.15) is 13.2 Å². The topological polar surface area (TPSA) is 46.5 Å². The van der Waals surface area contributed by atoms with Crippen molar-refractivity contribution in [2.24, 2.45) is 5.92 Å². The largest absolute Gasteiger partial charge is 0.465 e. The number of cyclic esters (lactones) is 1. The van der Waals surface area contributed by atoms with Crippen LogP contribution in [-0.4, -0.2) is 30.0 Å². The van der Waals surface area contributed by atoms with Crippen LogP contribution in [0.3, 0.4) is 0 Å². The Balaban J connectivity index is 2.64. The van der Waals surface area contributed by atoms with Gasteiger partial charge in [0.15, 0.2) is 6.10 Å². The Kier molecular flexibility index (Phi) is 2.80. The van der Waals surface area contributed by atoms with Crippen LogP contribution in [0.25, 0.3) is 0 Å². The monoisotopic (exact) mass is 198 g/mol. The first-order valence-electron chi connectivity index (χ1n) is 3.84. The van der Waals surface area contributed by atoms with Crippen molar-refractivity contribution >= 4 is 5.97 Å². The van der Waals surface area contributed by atoms with E-state index in [-0.39, 0.29) is 13.0 Å². The summed E-state index contributed by atoms with van der Waals surface area (Å²) in [6.07, 6.45) is -6.95. The van der Waals surface area contributed by atoms with Gasteiger partial charge in [0.25, 0.3) is 0 Å². The highest BCUT2D eigenvalue weighted by Crippen LogP contribution is 2.30. The molecular formula is C7H9F3O3. The Hall–Kier alpha value is -0.780. The minimum Gasteiger partial charge on any atom is -0.465 e. The van der Waals surface area contributed by atoms with Crippen molar-refractivity contribution in [3.63, 3.8) is 0 Å². The van der Waals surface area contributed by atoms with E-state index < -0.39 is 24.2 Å². The van der Waals surface area contributed by atoms with Gasteiger partial charge >= 0.3 is 12.1 Å². The minimum atomic E-state index is -4.75. The lowest BCUT2D eigenvalue weighted by Crippen LogP contribution is -2.42. The van der Waals surface area contributed by atoms with Crippen molar-refractivity contribution < 1.29 is 27.8 Å². The first kappa shape index (κ1) is 10.3. The summed E-state index contributed by atoms with van der Waals surface area (Å²) >= 11 is 0. The van der Waals surface area contributed by atoms with Crippen LogP contribution in [0.15, 0.2) is 0 Å². The first-order valence-corrected chi connectivity index (χ1v) is 3.84. The van der Waals surface area contributed by atoms with Gasteiger partial charge in [0.05, 0.1) is 12.5 Å². The molecule has 0 aromatic rings. The zero-order chi connectivity index (χ0) is 10.1. The summed E-state index contributed by atoms with van der Waals surface area (Å²) in [5.41, 5.74) is 0. The quantitative estimate of drug-likeness (QED) is 0.635. The molecule has 1 N–H and O–H groups in total.